The monoisotopic (exact) mass is 407 g/mol. The largest absolute Gasteiger partial charge is 0.345 e. The van der Waals surface area contributed by atoms with Crippen molar-refractivity contribution in [1.82, 2.24) is 5.32 Å². The van der Waals surface area contributed by atoms with Crippen LogP contribution in [-0.2, 0) is 16.6 Å². The summed E-state index contributed by atoms with van der Waals surface area (Å²) < 4.78 is 12.9. The molecule has 0 fully saturated rings. The molecule has 1 aromatic heterocycles. The van der Waals surface area contributed by atoms with Crippen molar-refractivity contribution in [3.05, 3.63) is 82.7 Å². The van der Waals surface area contributed by atoms with Gasteiger partial charge in [0.05, 0.1) is 16.7 Å². The summed E-state index contributed by atoms with van der Waals surface area (Å²) in [6, 6.07) is 22.3. The van der Waals surface area contributed by atoms with Crippen LogP contribution in [0, 0.1) is 0 Å². The molecule has 2 unspecified atom stereocenters. The first-order valence-corrected chi connectivity index (χ1v) is 11.7. The Kier molecular flexibility index (Phi) is 5.29. The third-order valence-electron chi connectivity index (χ3n) is 4.87. The molecule has 3 nitrogen and oxygen atoms in total. The van der Waals surface area contributed by atoms with Crippen LogP contribution in [0.1, 0.15) is 33.8 Å². The number of nitrogens with one attached hydrogen (secondary N) is 1. The van der Waals surface area contributed by atoms with Gasteiger partial charge in [-0.2, -0.15) is 0 Å². The molecule has 0 aliphatic carbocycles. The van der Waals surface area contributed by atoms with Gasteiger partial charge in [-0.1, -0.05) is 54.6 Å². The normalized spacial score (nSPS) is 13.5. The van der Waals surface area contributed by atoms with Crippen molar-refractivity contribution in [2.45, 2.75) is 18.7 Å². The summed E-state index contributed by atoms with van der Waals surface area (Å²) in [4.78, 5) is 13.7. The highest BCUT2D eigenvalue weighted by molar-refractivity contribution is 7.83. The molecule has 0 aliphatic heterocycles. The van der Waals surface area contributed by atoms with Gasteiger partial charge in [0.25, 0.3) is 5.91 Å². The number of hydrogen-bond donors (Lipinski definition) is 1. The molecule has 2 atom stereocenters. The summed E-state index contributed by atoms with van der Waals surface area (Å²) in [6.07, 6.45) is 1.67. The van der Waals surface area contributed by atoms with Gasteiger partial charge in [-0.05, 0) is 46.3 Å². The molecule has 4 aromatic rings. The molecule has 5 heteroatoms. The summed E-state index contributed by atoms with van der Waals surface area (Å²) in [5, 5.41) is 6.48. The van der Waals surface area contributed by atoms with Gasteiger partial charge in [0.2, 0.25) is 0 Å². The predicted molar refractivity (Wildman–Crippen MR) is 119 cm³/mol. The lowest BCUT2D eigenvalue weighted by Crippen LogP contribution is -2.26. The van der Waals surface area contributed by atoms with Gasteiger partial charge in [-0.3, -0.25) is 9.00 Å². The third-order valence-corrected chi connectivity index (χ3v) is 6.78. The molecular formula is C23H21NO2S2. The maximum atomic E-state index is 13.1. The highest BCUT2D eigenvalue weighted by Gasteiger charge is 2.21. The zero-order valence-electron chi connectivity index (χ0n) is 15.8. The van der Waals surface area contributed by atoms with E-state index in [1.54, 1.807) is 6.26 Å². The highest BCUT2D eigenvalue weighted by Crippen LogP contribution is 2.32. The highest BCUT2D eigenvalue weighted by atomic mass is 32.2. The fourth-order valence-corrected chi connectivity index (χ4v) is 5.37. The lowest BCUT2D eigenvalue weighted by atomic mass is 10.0. The van der Waals surface area contributed by atoms with E-state index in [2.05, 4.69) is 35.6 Å². The van der Waals surface area contributed by atoms with Crippen molar-refractivity contribution >= 4 is 48.9 Å². The minimum Gasteiger partial charge on any atom is -0.345 e. The minimum atomic E-state index is -1.02. The zero-order chi connectivity index (χ0) is 19.7. The molecule has 142 valence electrons. The van der Waals surface area contributed by atoms with Crippen LogP contribution < -0.4 is 5.32 Å². The topological polar surface area (TPSA) is 46.2 Å². The van der Waals surface area contributed by atoms with Crippen LogP contribution in [-0.4, -0.2) is 16.4 Å². The Labute approximate surface area is 170 Å². The molecule has 0 aliphatic rings. The van der Waals surface area contributed by atoms with Gasteiger partial charge in [-0.25, -0.2) is 0 Å². The molecular weight excluding hydrogens is 386 g/mol. The lowest BCUT2D eigenvalue weighted by Gasteiger charge is -2.15. The van der Waals surface area contributed by atoms with Gasteiger partial charge in [0, 0.05) is 21.8 Å². The molecule has 3 aromatic carbocycles. The fourth-order valence-electron chi connectivity index (χ4n) is 3.45. The summed E-state index contributed by atoms with van der Waals surface area (Å²) in [5.74, 6) is 0.277. The van der Waals surface area contributed by atoms with Crippen LogP contribution in [0.3, 0.4) is 0 Å². The number of rotatable bonds is 5. The first-order chi connectivity index (χ1) is 13.5. The van der Waals surface area contributed by atoms with Crippen molar-refractivity contribution in [3.63, 3.8) is 0 Å². The number of hydrogen-bond acceptors (Lipinski definition) is 3. The van der Waals surface area contributed by atoms with E-state index in [1.165, 1.54) is 16.7 Å². The second kappa shape index (κ2) is 7.86. The van der Waals surface area contributed by atoms with Crippen LogP contribution in [0.25, 0.3) is 20.9 Å². The molecule has 0 saturated heterocycles. The van der Waals surface area contributed by atoms with E-state index in [0.29, 0.717) is 10.6 Å². The van der Waals surface area contributed by atoms with Gasteiger partial charge in [0.15, 0.2) is 0 Å². The third kappa shape index (κ3) is 3.73. The summed E-state index contributed by atoms with van der Waals surface area (Å²) in [6.45, 7) is 1.99. The average molecular weight is 408 g/mol. The number of benzene rings is 3. The maximum absolute atomic E-state index is 13.1. The first-order valence-electron chi connectivity index (χ1n) is 9.13. The smallest absolute Gasteiger partial charge is 0.262 e. The summed E-state index contributed by atoms with van der Waals surface area (Å²) >= 11 is 1.47. The summed E-state index contributed by atoms with van der Waals surface area (Å²) in [7, 11) is -1.02. The fraction of sp³-hybridized carbons (Fsp3) is 0.174. The Hall–Kier alpha value is -2.50. The van der Waals surface area contributed by atoms with Gasteiger partial charge >= 0.3 is 0 Å². The Morgan fingerprint density at radius 1 is 1.04 bits per heavy atom. The quantitative estimate of drug-likeness (QED) is 0.480. The minimum absolute atomic E-state index is 0.109. The van der Waals surface area contributed by atoms with Crippen molar-refractivity contribution in [2.24, 2.45) is 0 Å². The molecule has 4 rings (SSSR count). The average Bonchev–Trinajstić information content (AvgIpc) is 3.05. The molecule has 0 bridgehead atoms. The lowest BCUT2D eigenvalue weighted by molar-refractivity contribution is 0.0943. The molecule has 1 N–H and O–H groups in total. The second-order valence-electron chi connectivity index (χ2n) is 6.93. The van der Waals surface area contributed by atoms with Crippen LogP contribution in [0.4, 0.5) is 0 Å². The second-order valence-corrected chi connectivity index (χ2v) is 9.41. The number of carbonyl (C=O) groups excluding carboxylic acids is 1. The van der Waals surface area contributed by atoms with Crippen molar-refractivity contribution in [1.29, 1.82) is 0 Å². The Bertz CT molecular complexity index is 1200. The number of carbonyl (C=O) groups is 1. The molecule has 0 saturated carbocycles. The van der Waals surface area contributed by atoms with E-state index in [0.717, 1.165) is 26.6 Å². The molecule has 28 heavy (non-hydrogen) atoms. The van der Waals surface area contributed by atoms with E-state index >= 15 is 0 Å². The van der Waals surface area contributed by atoms with Crippen LogP contribution in [0.15, 0.2) is 66.7 Å². The Morgan fingerprint density at radius 2 is 1.75 bits per heavy atom. The predicted octanol–water partition coefficient (Wildman–Crippen LogP) is 5.42. The number of thiophene rings is 1. The molecule has 1 heterocycles. The first kappa shape index (κ1) is 18.8. The summed E-state index contributed by atoms with van der Waals surface area (Å²) in [5.41, 5.74) is 1.94. The van der Waals surface area contributed by atoms with E-state index in [-0.39, 0.29) is 11.9 Å². The SMILES string of the molecule is CC(NC(=O)c1sc2ccccc2c1CS(C)=O)c1ccc2ccccc2c1. The van der Waals surface area contributed by atoms with Crippen LogP contribution in [0.2, 0.25) is 0 Å². The molecule has 0 spiro atoms. The molecule has 1 amide bonds. The maximum Gasteiger partial charge on any atom is 0.262 e. The van der Waals surface area contributed by atoms with E-state index in [4.69, 9.17) is 0 Å². The number of fused-ring (bicyclic) bond motifs is 2. The van der Waals surface area contributed by atoms with Gasteiger partial charge < -0.3 is 5.32 Å². The number of amides is 1. The van der Waals surface area contributed by atoms with E-state index in [1.807, 2.05) is 43.3 Å². The zero-order valence-corrected chi connectivity index (χ0v) is 17.4. The van der Waals surface area contributed by atoms with E-state index < -0.39 is 10.8 Å². The van der Waals surface area contributed by atoms with E-state index in [9.17, 15) is 9.00 Å². The molecule has 0 radical (unpaired) electrons. The standard InChI is InChI=1S/C23H21NO2S2/c1-15(17-12-11-16-7-3-4-8-18(16)13-17)24-23(25)22-20(14-28(2)26)19-9-5-6-10-21(19)27-22/h3-13,15H,14H2,1-2H3,(H,24,25). The van der Waals surface area contributed by atoms with Crippen molar-refractivity contribution in [3.8, 4) is 0 Å². The van der Waals surface area contributed by atoms with Crippen molar-refractivity contribution < 1.29 is 9.00 Å². The Balaban J connectivity index is 1.64. The Morgan fingerprint density at radius 3 is 2.54 bits per heavy atom. The van der Waals surface area contributed by atoms with Crippen LogP contribution in [0.5, 0.6) is 0 Å². The van der Waals surface area contributed by atoms with Gasteiger partial charge in [-0.15, -0.1) is 11.3 Å². The van der Waals surface area contributed by atoms with Crippen molar-refractivity contribution in [2.75, 3.05) is 6.26 Å². The van der Waals surface area contributed by atoms with Crippen LogP contribution >= 0.6 is 11.3 Å². The van der Waals surface area contributed by atoms with Gasteiger partial charge in [0.1, 0.15) is 0 Å².